The minimum absolute atomic E-state index is 0.0189. The first kappa shape index (κ1) is 31.2. The highest BCUT2D eigenvalue weighted by atomic mass is 15.3. The van der Waals surface area contributed by atoms with Crippen LogP contribution in [0.4, 0.5) is 17.3 Å². The molecule has 3 nitrogen and oxygen atoms in total. The molecule has 11 rings (SSSR count). The summed E-state index contributed by atoms with van der Waals surface area (Å²) >= 11 is 0. The van der Waals surface area contributed by atoms with E-state index in [4.69, 9.17) is 9.97 Å². The van der Waals surface area contributed by atoms with Crippen LogP contribution in [0.3, 0.4) is 0 Å². The molecule has 0 atom stereocenters. The Balaban J connectivity index is 0.00000171. The zero-order chi connectivity index (χ0) is 34.4. The first-order valence-electron chi connectivity index (χ1n) is 18.5. The van der Waals surface area contributed by atoms with Crippen molar-refractivity contribution in [3.8, 4) is 44.8 Å². The third kappa shape index (κ3) is 5.19. The van der Waals surface area contributed by atoms with Gasteiger partial charge in [0.25, 0.3) is 0 Å². The minimum atomic E-state index is -0.0189. The average molecular weight is 660 g/mol. The molecule has 1 fully saturated rings. The lowest BCUT2D eigenvalue weighted by Gasteiger charge is -2.54. The molecule has 4 aliphatic rings. The summed E-state index contributed by atoms with van der Waals surface area (Å²) in [5.74, 6) is 1.28. The van der Waals surface area contributed by atoms with Gasteiger partial charge in [0.2, 0.25) is 5.95 Å². The van der Waals surface area contributed by atoms with E-state index in [9.17, 15) is 0 Å². The van der Waals surface area contributed by atoms with Gasteiger partial charge < -0.3 is 0 Å². The third-order valence-electron chi connectivity index (χ3n) is 11.2. The third-order valence-corrected chi connectivity index (χ3v) is 11.2. The Kier molecular flexibility index (Phi) is 7.85. The Bertz CT molecular complexity index is 2270. The topological polar surface area (TPSA) is 29.0 Å². The molecule has 1 aliphatic heterocycles. The van der Waals surface area contributed by atoms with Gasteiger partial charge in [-0.25, -0.2) is 9.97 Å². The highest BCUT2D eigenvalue weighted by Gasteiger charge is 2.52. The van der Waals surface area contributed by atoms with E-state index in [-0.39, 0.29) is 5.41 Å². The molecule has 3 heteroatoms. The van der Waals surface area contributed by atoms with E-state index in [2.05, 4.69) is 163 Å². The molecule has 0 radical (unpaired) electrons. The number of rotatable bonds is 5. The van der Waals surface area contributed by atoms with Crippen LogP contribution in [0, 0.1) is 0 Å². The van der Waals surface area contributed by atoms with Crippen LogP contribution in [0.2, 0.25) is 0 Å². The molecule has 51 heavy (non-hydrogen) atoms. The lowest BCUT2D eigenvalue weighted by atomic mass is 9.53. The zero-order valence-corrected chi connectivity index (χ0v) is 29.3. The van der Waals surface area contributed by atoms with E-state index in [1.807, 2.05) is 13.8 Å². The molecule has 2 heterocycles. The number of aromatic nitrogens is 2. The lowest BCUT2D eigenvalue weighted by Crippen LogP contribution is -2.43. The standard InChI is InChI=1S/C46H35N3.C2H6/c1-5-13-31(14-6-1)36-21-22-39-42(28-36)49(45-47-40(34-17-9-3-10-18-34)30-41(48-45)35-19-11-4-12-20-35)43-29-37(32-15-7-2-8-16-32)27-38-33-23-25-46(39,26-24-33)44(38)43;1-2/h1-22,27-30,33H,23-26H2;1-2H3. The van der Waals surface area contributed by atoms with Gasteiger partial charge in [-0.15, -0.1) is 0 Å². The molecule has 0 amide bonds. The maximum absolute atomic E-state index is 5.43. The monoisotopic (exact) mass is 659 g/mol. The fraction of sp³-hybridized carbons (Fsp3) is 0.167. The Morgan fingerprint density at radius 3 is 1.53 bits per heavy atom. The number of fused-ring (bicyclic) bond motifs is 3. The molecule has 0 saturated heterocycles. The fourth-order valence-corrected chi connectivity index (χ4v) is 8.87. The first-order valence-corrected chi connectivity index (χ1v) is 18.5. The van der Waals surface area contributed by atoms with Crippen LogP contribution in [0.15, 0.2) is 158 Å². The van der Waals surface area contributed by atoms with Gasteiger partial charge in [0, 0.05) is 16.5 Å². The van der Waals surface area contributed by atoms with E-state index in [0.29, 0.717) is 11.9 Å². The summed E-state index contributed by atoms with van der Waals surface area (Å²) in [6.07, 6.45) is 4.80. The van der Waals surface area contributed by atoms with E-state index >= 15 is 0 Å². The van der Waals surface area contributed by atoms with E-state index in [1.54, 1.807) is 0 Å². The number of hydrogen-bond donors (Lipinski definition) is 0. The first-order chi connectivity index (χ1) is 25.2. The Morgan fingerprint density at radius 1 is 0.490 bits per heavy atom. The molecule has 0 N–H and O–H groups in total. The molecule has 248 valence electrons. The normalized spacial score (nSPS) is 17.9. The van der Waals surface area contributed by atoms with E-state index in [1.165, 1.54) is 76.0 Å². The predicted octanol–water partition coefficient (Wildman–Crippen LogP) is 12.9. The van der Waals surface area contributed by atoms with Gasteiger partial charge in [0.1, 0.15) is 0 Å². The molecule has 6 aromatic carbocycles. The molecular formula is C48H41N3. The summed E-state index contributed by atoms with van der Waals surface area (Å²) in [6.45, 7) is 4.00. The fourth-order valence-electron chi connectivity index (χ4n) is 8.87. The van der Waals surface area contributed by atoms with Crippen molar-refractivity contribution < 1.29 is 0 Å². The van der Waals surface area contributed by atoms with Crippen molar-refractivity contribution in [2.75, 3.05) is 4.90 Å². The Hall–Kier alpha value is -5.80. The zero-order valence-electron chi connectivity index (χ0n) is 29.3. The summed E-state index contributed by atoms with van der Waals surface area (Å²) < 4.78 is 0. The van der Waals surface area contributed by atoms with Crippen LogP contribution >= 0.6 is 0 Å². The van der Waals surface area contributed by atoms with Crippen LogP contribution in [-0.4, -0.2) is 9.97 Å². The maximum atomic E-state index is 5.43. The van der Waals surface area contributed by atoms with Gasteiger partial charge in [0.05, 0.1) is 22.8 Å². The van der Waals surface area contributed by atoms with Gasteiger partial charge in [-0.1, -0.05) is 153 Å². The van der Waals surface area contributed by atoms with Gasteiger partial charge in [0.15, 0.2) is 0 Å². The second-order valence-corrected chi connectivity index (χ2v) is 13.8. The summed E-state index contributed by atoms with van der Waals surface area (Å²) in [5.41, 5.74) is 15.7. The molecule has 3 aliphatic carbocycles. The summed E-state index contributed by atoms with van der Waals surface area (Å²) in [5, 5.41) is 0. The number of hydrogen-bond acceptors (Lipinski definition) is 3. The highest BCUT2D eigenvalue weighted by molar-refractivity contribution is 5.91. The van der Waals surface area contributed by atoms with Gasteiger partial charge in [-0.05, 0) is 88.7 Å². The highest BCUT2D eigenvalue weighted by Crippen LogP contribution is 2.65. The van der Waals surface area contributed by atoms with Crippen molar-refractivity contribution in [2.45, 2.75) is 50.9 Å². The number of benzene rings is 6. The van der Waals surface area contributed by atoms with Crippen molar-refractivity contribution in [3.63, 3.8) is 0 Å². The molecule has 1 aromatic heterocycles. The molecule has 0 unspecified atom stereocenters. The lowest BCUT2D eigenvalue weighted by molar-refractivity contribution is 0.278. The van der Waals surface area contributed by atoms with Crippen molar-refractivity contribution in [2.24, 2.45) is 0 Å². The van der Waals surface area contributed by atoms with Crippen LogP contribution in [0.5, 0.6) is 0 Å². The number of anilines is 3. The SMILES string of the molecule is CC.c1ccc(-c2ccc3c(c2)N(c2nc(-c4ccccc4)cc(-c4ccccc4)n2)c2cc(-c4ccccc4)cc4c2C32CCC4CC2)cc1. The molecular weight excluding hydrogens is 619 g/mol. The quantitative estimate of drug-likeness (QED) is 0.184. The maximum Gasteiger partial charge on any atom is 0.235 e. The van der Waals surface area contributed by atoms with Crippen molar-refractivity contribution in [1.29, 1.82) is 0 Å². The minimum Gasteiger partial charge on any atom is -0.278 e. The molecule has 7 aromatic rings. The molecule has 1 spiro atoms. The van der Waals surface area contributed by atoms with Crippen LogP contribution in [-0.2, 0) is 5.41 Å². The van der Waals surface area contributed by atoms with Crippen molar-refractivity contribution in [3.05, 3.63) is 174 Å². The van der Waals surface area contributed by atoms with E-state index in [0.717, 1.165) is 22.5 Å². The predicted molar refractivity (Wildman–Crippen MR) is 212 cm³/mol. The average Bonchev–Trinajstić information content (AvgIpc) is 3.23. The van der Waals surface area contributed by atoms with Gasteiger partial charge in [-0.2, -0.15) is 0 Å². The van der Waals surface area contributed by atoms with Crippen LogP contribution in [0.1, 0.15) is 62.1 Å². The Morgan fingerprint density at radius 2 is 0.980 bits per heavy atom. The van der Waals surface area contributed by atoms with Crippen molar-refractivity contribution >= 4 is 17.3 Å². The van der Waals surface area contributed by atoms with Crippen LogP contribution in [0.25, 0.3) is 44.8 Å². The summed E-state index contributed by atoms with van der Waals surface area (Å²) in [4.78, 5) is 13.3. The van der Waals surface area contributed by atoms with Crippen molar-refractivity contribution in [1.82, 2.24) is 9.97 Å². The smallest absolute Gasteiger partial charge is 0.235 e. The molecule has 2 bridgehead atoms. The van der Waals surface area contributed by atoms with Gasteiger partial charge in [-0.3, -0.25) is 4.90 Å². The summed E-state index contributed by atoms with van der Waals surface area (Å²) in [7, 11) is 0. The number of nitrogens with zero attached hydrogens (tertiary/aromatic N) is 3. The molecule has 1 saturated carbocycles. The van der Waals surface area contributed by atoms with Gasteiger partial charge >= 0.3 is 0 Å². The Labute approximate surface area is 301 Å². The van der Waals surface area contributed by atoms with E-state index < -0.39 is 0 Å². The second kappa shape index (κ2) is 12.8. The van der Waals surface area contributed by atoms with Crippen LogP contribution < -0.4 is 4.90 Å². The largest absolute Gasteiger partial charge is 0.278 e. The summed E-state index contributed by atoms with van der Waals surface area (Å²) in [6, 6.07) is 56.9. The second-order valence-electron chi connectivity index (χ2n) is 13.8.